The summed E-state index contributed by atoms with van der Waals surface area (Å²) in [6, 6.07) is 12.9. The lowest BCUT2D eigenvalue weighted by atomic mass is 10.1. The SMILES string of the molecule is CCCSC1=NN2C(=c3ccccc3=N[C@H]2c2ccc(Cl)c(Cl)c2)C(=O)N1. The number of hydrogen-bond donors (Lipinski definition) is 1. The van der Waals surface area contributed by atoms with Crippen molar-refractivity contribution in [2.75, 3.05) is 5.75 Å². The van der Waals surface area contributed by atoms with Gasteiger partial charge < -0.3 is 0 Å². The highest BCUT2D eigenvalue weighted by molar-refractivity contribution is 8.13. The molecule has 2 aliphatic heterocycles. The van der Waals surface area contributed by atoms with Crippen molar-refractivity contribution in [2.24, 2.45) is 10.1 Å². The van der Waals surface area contributed by atoms with E-state index in [2.05, 4.69) is 17.3 Å². The monoisotopic (exact) mass is 418 g/mol. The highest BCUT2D eigenvalue weighted by Gasteiger charge is 2.34. The Balaban J connectivity index is 1.90. The lowest BCUT2D eigenvalue weighted by molar-refractivity contribution is -0.116. The molecule has 0 saturated heterocycles. The van der Waals surface area contributed by atoms with Crippen molar-refractivity contribution in [2.45, 2.75) is 19.5 Å². The molecule has 1 N–H and O–H groups in total. The predicted octanol–water partition coefficient (Wildman–Crippen LogP) is 3.28. The van der Waals surface area contributed by atoms with Crippen LogP contribution in [0.4, 0.5) is 0 Å². The Morgan fingerprint density at radius 2 is 2.00 bits per heavy atom. The topological polar surface area (TPSA) is 57.1 Å². The van der Waals surface area contributed by atoms with Crippen LogP contribution in [0.3, 0.4) is 0 Å². The van der Waals surface area contributed by atoms with Crippen LogP contribution in [-0.2, 0) is 4.79 Å². The minimum atomic E-state index is -0.493. The molecule has 0 aliphatic carbocycles. The van der Waals surface area contributed by atoms with E-state index in [-0.39, 0.29) is 5.91 Å². The van der Waals surface area contributed by atoms with E-state index in [1.54, 1.807) is 17.1 Å². The van der Waals surface area contributed by atoms with E-state index >= 15 is 0 Å². The number of nitrogens with zero attached hydrogens (tertiary/aromatic N) is 3. The fraction of sp³-hybridized carbons (Fsp3) is 0.211. The molecular weight excluding hydrogens is 403 g/mol. The number of amidine groups is 1. The van der Waals surface area contributed by atoms with E-state index in [0.29, 0.717) is 20.9 Å². The van der Waals surface area contributed by atoms with Gasteiger partial charge in [0.2, 0.25) is 0 Å². The molecule has 0 fully saturated rings. The van der Waals surface area contributed by atoms with Gasteiger partial charge >= 0.3 is 0 Å². The second kappa shape index (κ2) is 7.54. The third kappa shape index (κ3) is 3.45. The zero-order valence-electron chi connectivity index (χ0n) is 14.4. The van der Waals surface area contributed by atoms with Gasteiger partial charge in [0.1, 0.15) is 5.70 Å². The van der Waals surface area contributed by atoms with Gasteiger partial charge in [0.15, 0.2) is 11.3 Å². The number of hydrazone groups is 1. The summed E-state index contributed by atoms with van der Waals surface area (Å²) >= 11 is 13.8. The molecule has 8 heteroatoms. The maximum absolute atomic E-state index is 12.9. The largest absolute Gasteiger partial charge is 0.298 e. The van der Waals surface area contributed by atoms with Crippen molar-refractivity contribution in [1.29, 1.82) is 0 Å². The third-order valence-electron chi connectivity index (χ3n) is 4.20. The minimum Gasteiger partial charge on any atom is -0.298 e. The second-order valence-electron chi connectivity index (χ2n) is 6.09. The van der Waals surface area contributed by atoms with Gasteiger partial charge in [0.05, 0.1) is 15.4 Å². The second-order valence-corrected chi connectivity index (χ2v) is 7.99. The molecule has 1 atom stereocenters. The number of para-hydroxylation sites is 1. The van der Waals surface area contributed by atoms with Crippen LogP contribution in [-0.4, -0.2) is 21.8 Å². The Hall–Kier alpha value is -2.02. The lowest BCUT2D eigenvalue weighted by Crippen LogP contribution is -2.50. The summed E-state index contributed by atoms with van der Waals surface area (Å²) < 4.78 is 0. The number of nitrogens with one attached hydrogen (secondary N) is 1. The summed E-state index contributed by atoms with van der Waals surface area (Å²) in [5.41, 5.74) is 1.30. The first-order chi connectivity index (χ1) is 13.1. The molecule has 0 bridgehead atoms. The Labute approximate surface area is 170 Å². The molecule has 1 amide bonds. The summed E-state index contributed by atoms with van der Waals surface area (Å²) in [4.78, 5) is 17.7. The summed E-state index contributed by atoms with van der Waals surface area (Å²) in [7, 11) is 0. The van der Waals surface area contributed by atoms with Crippen LogP contribution in [0.2, 0.25) is 10.0 Å². The fourth-order valence-corrected chi connectivity index (χ4v) is 4.00. The summed E-state index contributed by atoms with van der Waals surface area (Å²) in [6.07, 6.45) is 0.493. The first-order valence-electron chi connectivity index (χ1n) is 8.52. The Morgan fingerprint density at radius 1 is 1.19 bits per heavy atom. The van der Waals surface area contributed by atoms with E-state index in [9.17, 15) is 4.79 Å². The number of rotatable bonds is 3. The number of hydrogen-bond acceptors (Lipinski definition) is 5. The Bertz CT molecular complexity index is 1070. The molecule has 2 aromatic rings. The van der Waals surface area contributed by atoms with Crippen molar-refractivity contribution in [1.82, 2.24) is 10.3 Å². The summed E-state index contributed by atoms with van der Waals surface area (Å²) in [5, 5.41) is 12.2. The fourth-order valence-electron chi connectivity index (χ4n) is 2.98. The van der Waals surface area contributed by atoms with Gasteiger partial charge in [-0.2, -0.15) is 0 Å². The number of benzene rings is 2. The zero-order valence-corrected chi connectivity index (χ0v) is 16.8. The van der Waals surface area contributed by atoms with E-state index < -0.39 is 6.17 Å². The van der Waals surface area contributed by atoms with Gasteiger partial charge in [0.25, 0.3) is 5.91 Å². The minimum absolute atomic E-state index is 0.184. The lowest BCUT2D eigenvalue weighted by Gasteiger charge is -2.34. The van der Waals surface area contributed by atoms with Gasteiger partial charge in [-0.3, -0.25) is 15.1 Å². The van der Waals surface area contributed by atoms with Gasteiger partial charge in [-0.05, 0) is 30.2 Å². The molecule has 2 aromatic carbocycles. The molecular formula is C19H16Cl2N4OS. The number of thioether (sulfide) groups is 1. The van der Waals surface area contributed by atoms with Crippen molar-refractivity contribution >= 4 is 51.7 Å². The first kappa shape index (κ1) is 18.3. The van der Waals surface area contributed by atoms with Gasteiger partial charge in [-0.25, -0.2) is 5.01 Å². The van der Waals surface area contributed by atoms with Crippen molar-refractivity contribution < 1.29 is 4.79 Å². The average Bonchev–Trinajstić information content (AvgIpc) is 2.67. The van der Waals surface area contributed by atoms with Crippen molar-refractivity contribution in [3.8, 4) is 0 Å². The number of carbonyl (C=O) groups excluding carboxylic acids is 1. The van der Waals surface area contributed by atoms with E-state index in [4.69, 9.17) is 28.2 Å². The molecule has 2 heterocycles. The van der Waals surface area contributed by atoms with E-state index in [0.717, 1.165) is 28.3 Å². The van der Waals surface area contributed by atoms with Gasteiger partial charge in [-0.15, -0.1) is 5.10 Å². The molecule has 138 valence electrons. The third-order valence-corrected chi connectivity index (χ3v) is 6.01. The highest BCUT2D eigenvalue weighted by Crippen LogP contribution is 2.33. The molecule has 0 aromatic heterocycles. The van der Waals surface area contributed by atoms with Crippen LogP contribution in [0.1, 0.15) is 25.1 Å². The maximum atomic E-state index is 12.9. The smallest absolute Gasteiger partial charge is 0.276 e. The highest BCUT2D eigenvalue weighted by atomic mass is 35.5. The van der Waals surface area contributed by atoms with Crippen LogP contribution in [0.25, 0.3) is 5.70 Å². The van der Waals surface area contributed by atoms with Gasteiger partial charge in [0, 0.05) is 11.0 Å². The number of halogens is 2. The number of fused-ring (bicyclic) bond motifs is 2. The van der Waals surface area contributed by atoms with E-state index in [1.165, 1.54) is 11.8 Å². The van der Waals surface area contributed by atoms with Crippen molar-refractivity contribution in [3.63, 3.8) is 0 Å². The van der Waals surface area contributed by atoms with E-state index in [1.807, 2.05) is 30.3 Å². The first-order valence-corrected chi connectivity index (χ1v) is 10.3. The Morgan fingerprint density at radius 3 is 2.78 bits per heavy atom. The normalized spacial score (nSPS) is 18.3. The van der Waals surface area contributed by atoms with Crippen LogP contribution in [0.15, 0.2) is 52.6 Å². The molecule has 0 radical (unpaired) electrons. The number of carbonyl (C=O) groups is 1. The predicted molar refractivity (Wildman–Crippen MR) is 110 cm³/mol. The molecule has 2 aliphatic rings. The summed E-state index contributed by atoms with van der Waals surface area (Å²) in [5.74, 6) is 0.684. The van der Waals surface area contributed by atoms with Crippen LogP contribution >= 0.6 is 35.0 Å². The van der Waals surface area contributed by atoms with Crippen LogP contribution in [0.5, 0.6) is 0 Å². The van der Waals surface area contributed by atoms with Crippen molar-refractivity contribution in [3.05, 3.63) is 68.6 Å². The Kier molecular flexibility index (Phi) is 5.12. The van der Waals surface area contributed by atoms with Crippen LogP contribution in [0, 0.1) is 0 Å². The molecule has 0 saturated carbocycles. The molecule has 4 rings (SSSR count). The van der Waals surface area contributed by atoms with Crippen LogP contribution < -0.4 is 15.9 Å². The zero-order chi connectivity index (χ0) is 19.0. The number of amides is 1. The maximum Gasteiger partial charge on any atom is 0.276 e. The molecule has 27 heavy (non-hydrogen) atoms. The summed E-state index contributed by atoms with van der Waals surface area (Å²) in [6.45, 7) is 2.08. The van der Waals surface area contributed by atoms with Gasteiger partial charge in [-0.1, -0.05) is 66.2 Å². The average molecular weight is 419 g/mol. The quantitative estimate of drug-likeness (QED) is 0.831. The molecule has 0 unspecified atom stereocenters. The molecule has 5 nitrogen and oxygen atoms in total. The standard InChI is InChI=1S/C19H16Cl2N4OS/c1-2-9-27-19-23-18(26)16-12-5-3-4-6-15(12)22-17(25(16)24-19)11-7-8-13(20)14(21)10-11/h3-8,10,17H,2,9H2,1H3,(H,23,24,26)/t17-/m1/s1. The molecule has 0 spiro atoms.